The molecule has 3 rings (SSSR count). The third-order valence-corrected chi connectivity index (χ3v) is 6.13. The summed E-state index contributed by atoms with van der Waals surface area (Å²) in [6, 6.07) is 11.8. The van der Waals surface area contributed by atoms with Crippen LogP contribution in [0.25, 0.3) is 5.69 Å². The van der Waals surface area contributed by atoms with Gasteiger partial charge in [-0.25, -0.2) is 4.68 Å². The summed E-state index contributed by atoms with van der Waals surface area (Å²) in [7, 11) is 1.78. The molecular formula is C20H28IN7S. The van der Waals surface area contributed by atoms with Crippen molar-refractivity contribution in [2.75, 3.05) is 31.6 Å². The Morgan fingerprint density at radius 3 is 2.83 bits per heavy atom. The van der Waals surface area contributed by atoms with Crippen LogP contribution >= 0.6 is 35.7 Å². The van der Waals surface area contributed by atoms with Crippen LogP contribution in [0, 0.1) is 11.3 Å². The smallest absolute Gasteiger partial charge is 0.191 e. The molecular weight excluding hydrogens is 497 g/mol. The summed E-state index contributed by atoms with van der Waals surface area (Å²) in [6.07, 6.45) is 4.09. The summed E-state index contributed by atoms with van der Waals surface area (Å²) < 4.78 is 1.64. The molecule has 2 heterocycles. The van der Waals surface area contributed by atoms with Crippen molar-refractivity contribution in [3.63, 3.8) is 0 Å². The second-order valence-electron chi connectivity index (χ2n) is 6.68. The molecule has 4 N–H and O–H groups in total. The number of aromatic nitrogens is 2. The van der Waals surface area contributed by atoms with Gasteiger partial charge in [0.05, 0.1) is 11.4 Å². The van der Waals surface area contributed by atoms with E-state index in [2.05, 4.69) is 26.8 Å². The van der Waals surface area contributed by atoms with E-state index in [1.54, 1.807) is 11.7 Å². The number of para-hydroxylation sites is 1. The van der Waals surface area contributed by atoms with Gasteiger partial charge in [-0.2, -0.15) is 22.1 Å². The highest BCUT2D eigenvalue weighted by Gasteiger charge is 2.17. The number of nitrogens with zero attached hydrogens (tertiary/aromatic N) is 4. The zero-order chi connectivity index (χ0) is 19.8. The number of benzene rings is 1. The average Bonchev–Trinajstić information content (AvgIpc) is 3.35. The molecule has 1 fully saturated rings. The van der Waals surface area contributed by atoms with Gasteiger partial charge in [0.1, 0.15) is 17.5 Å². The van der Waals surface area contributed by atoms with Crippen molar-refractivity contribution in [3.8, 4) is 11.8 Å². The molecule has 2 aromatic rings. The van der Waals surface area contributed by atoms with Crippen LogP contribution in [-0.4, -0.2) is 46.9 Å². The number of halogens is 1. The molecule has 9 heteroatoms. The average molecular weight is 525 g/mol. The van der Waals surface area contributed by atoms with Crippen molar-refractivity contribution < 1.29 is 0 Å². The van der Waals surface area contributed by atoms with Gasteiger partial charge in [-0.1, -0.05) is 18.2 Å². The van der Waals surface area contributed by atoms with Crippen LogP contribution < -0.4 is 16.4 Å². The maximum absolute atomic E-state index is 9.49. The zero-order valence-corrected chi connectivity index (χ0v) is 19.7. The Kier molecular flexibility index (Phi) is 9.60. The highest BCUT2D eigenvalue weighted by Crippen LogP contribution is 2.25. The summed E-state index contributed by atoms with van der Waals surface area (Å²) in [4.78, 5) is 4.28. The second-order valence-corrected chi connectivity index (χ2v) is 8.09. The maximum Gasteiger partial charge on any atom is 0.191 e. The fourth-order valence-corrected chi connectivity index (χ4v) is 4.44. The maximum atomic E-state index is 9.49. The van der Waals surface area contributed by atoms with Gasteiger partial charge in [0.25, 0.3) is 0 Å². The minimum Gasteiger partial charge on any atom is -0.382 e. The van der Waals surface area contributed by atoms with Crippen molar-refractivity contribution in [1.82, 2.24) is 20.4 Å². The number of guanidine groups is 1. The number of anilines is 1. The van der Waals surface area contributed by atoms with Gasteiger partial charge in [0.2, 0.25) is 0 Å². The Morgan fingerprint density at radius 2 is 2.17 bits per heavy atom. The number of nitrogen functional groups attached to an aromatic ring is 1. The van der Waals surface area contributed by atoms with Crippen molar-refractivity contribution in [2.24, 2.45) is 4.99 Å². The molecule has 0 bridgehead atoms. The Labute approximate surface area is 193 Å². The lowest BCUT2D eigenvalue weighted by molar-refractivity contribution is 0.702. The van der Waals surface area contributed by atoms with E-state index in [0.717, 1.165) is 36.9 Å². The summed E-state index contributed by atoms with van der Waals surface area (Å²) in [6.45, 7) is 1.70. The molecule has 0 radical (unpaired) electrons. The van der Waals surface area contributed by atoms with Crippen LogP contribution in [0.15, 0.2) is 35.3 Å². The second kappa shape index (κ2) is 11.9. The van der Waals surface area contributed by atoms with Crippen molar-refractivity contribution in [1.29, 1.82) is 5.26 Å². The number of aryl methyl sites for hydroxylation is 1. The fraction of sp³-hybridized carbons (Fsp3) is 0.450. The van der Waals surface area contributed by atoms with Crippen molar-refractivity contribution in [3.05, 3.63) is 41.6 Å². The number of thioether (sulfide) groups is 1. The summed E-state index contributed by atoms with van der Waals surface area (Å²) in [5.74, 6) is 2.48. The number of hydrogen-bond acceptors (Lipinski definition) is 5. The highest BCUT2D eigenvalue weighted by atomic mass is 127. The van der Waals surface area contributed by atoms with E-state index in [1.165, 1.54) is 18.6 Å². The number of rotatable bonds is 7. The minimum absolute atomic E-state index is 0. The molecule has 0 saturated carbocycles. The fourth-order valence-electron chi connectivity index (χ4n) is 3.24. The highest BCUT2D eigenvalue weighted by molar-refractivity contribution is 14.0. The van der Waals surface area contributed by atoms with Crippen molar-refractivity contribution >= 4 is 47.5 Å². The normalized spacial score (nSPS) is 16.1. The van der Waals surface area contributed by atoms with Crippen LogP contribution in [-0.2, 0) is 6.42 Å². The Morgan fingerprint density at radius 1 is 1.38 bits per heavy atom. The molecule has 1 atom stereocenters. The monoisotopic (exact) mass is 525 g/mol. The van der Waals surface area contributed by atoms with Gasteiger partial charge in [0, 0.05) is 25.4 Å². The van der Waals surface area contributed by atoms with Gasteiger partial charge in [-0.3, -0.25) is 4.99 Å². The van der Waals surface area contributed by atoms with Gasteiger partial charge < -0.3 is 16.4 Å². The van der Waals surface area contributed by atoms with E-state index < -0.39 is 0 Å². The van der Waals surface area contributed by atoms with E-state index in [9.17, 15) is 5.26 Å². The van der Waals surface area contributed by atoms with Crippen LogP contribution in [0.1, 0.15) is 30.5 Å². The zero-order valence-electron chi connectivity index (χ0n) is 16.6. The third-order valence-electron chi connectivity index (χ3n) is 4.73. The molecule has 7 nitrogen and oxygen atoms in total. The first kappa shape index (κ1) is 23.3. The predicted molar refractivity (Wildman–Crippen MR) is 131 cm³/mol. The van der Waals surface area contributed by atoms with E-state index in [1.807, 2.05) is 42.1 Å². The molecule has 156 valence electrons. The summed E-state index contributed by atoms with van der Waals surface area (Å²) in [5, 5.41) is 21.5. The molecule has 0 amide bonds. The largest absolute Gasteiger partial charge is 0.382 e. The van der Waals surface area contributed by atoms with E-state index in [0.29, 0.717) is 23.1 Å². The molecule has 0 spiro atoms. The van der Waals surface area contributed by atoms with Gasteiger partial charge >= 0.3 is 0 Å². The van der Waals surface area contributed by atoms with Crippen molar-refractivity contribution in [2.45, 2.75) is 30.9 Å². The van der Waals surface area contributed by atoms with Crippen LogP contribution in [0.5, 0.6) is 0 Å². The van der Waals surface area contributed by atoms with Crippen LogP contribution in [0.2, 0.25) is 0 Å². The first-order valence-corrected chi connectivity index (χ1v) is 10.7. The van der Waals surface area contributed by atoms with E-state index in [-0.39, 0.29) is 24.0 Å². The third kappa shape index (κ3) is 6.27. The van der Waals surface area contributed by atoms with Gasteiger partial charge in [0.15, 0.2) is 5.96 Å². The molecule has 1 unspecified atom stereocenters. The van der Waals surface area contributed by atoms with E-state index >= 15 is 0 Å². The quantitative estimate of drug-likeness (QED) is 0.222. The predicted octanol–water partition coefficient (Wildman–Crippen LogP) is 2.94. The lowest BCUT2D eigenvalue weighted by atomic mass is 10.1. The molecule has 1 aliphatic rings. The Hall–Kier alpha value is -1.93. The topological polar surface area (TPSA) is 104 Å². The molecule has 1 aromatic heterocycles. The number of nitrogens with two attached hydrogens (primary N) is 1. The lowest BCUT2D eigenvalue weighted by Crippen LogP contribution is -2.40. The van der Waals surface area contributed by atoms with Crippen LogP contribution in [0.4, 0.5) is 5.82 Å². The number of aliphatic imine (C=N–C) groups is 1. The van der Waals surface area contributed by atoms with Crippen LogP contribution in [0.3, 0.4) is 0 Å². The Bertz CT molecular complexity index is 839. The molecule has 1 aliphatic heterocycles. The SMILES string of the molecule is CN=C(NCCCc1nn(-c2ccccc2)c(N)c1C#N)NCC1CCCS1.I. The van der Waals surface area contributed by atoms with Gasteiger partial charge in [-0.05, 0) is 43.6 Å². The first-order chi connectivity index (χ1) is 13.7. The number of hydrogen-bond donors (Lipinski definition) is 3. The molecule has 29 heavy (non-hydrogen) atoms. The Balaban J connectivity index is 0.00000300. The lowest BCUT2D eigenvalue weighted by Gasteiger charge is -2.14. The number of nitrogens with one attached hydrogen (secondary N) is 2. The first-order valence-electron chi connectivity index (χ1n) is 9.62. The van der Waals surface area contributed by atoms with E-state index in [4.69, 9.17) is 5.73 Å². The van der Waals surface area contributed by atoms with Gasteiger partial charge in [-0.15, -0.1) is 24.0 Å². The molecule has 0 aliphatic carbocycles. The molecule has 1 saturated heterocycles. The summed E-state index contributed by atoms with van der Waals surface area (Å²) >= 11 is 2.03. The summed E-state index contributed by atoms with van der Waals surface area (Å²) in [5.41, 5.74) is 8.20. The standard InChI is InChI=1S/C20H27N7S.HI/c1-23-20(25-14-16-9-6-12-28-16)24-11-5-10-18-17(13-21)19(22)27(26-18)15-7-3-2-4-8-15;/h2-4,7-8,16H,5-6,9-12,14,22H2,1H3,(H2,23,24,25);1H. The molecule has 1 aromatic carbocycles. The number of nitriles is 1. The minimum atomic E-state index is 0.